The normalized spacial score (nSPS) is 24.1. The van der Waals surface area contributed by atoms with Crippen molar-refractivity contribution >= 4 is 120 Å². The van der Waals surface area contributed by atoms with Gasteiger partial charge in [0.05, 0.1) is 18.1 Å². The number of phosphoric acid groups is 3. The zero-order valence-corrected chi connectivity index (χ0v) is 61.5. The molecule has 1 aromatic heterocycles. The lowest BCUT2D eigenvalue weighted by atomic mass is 9.76. The van der Waals surface area contributed by atoms with Crippen LogP contribution < -0.4 is 38.0 Å². The van der Waals surface area contributed by atoms with Crippen LogP contribution >= 0.6 is 61.4 Å². The maximum atomic E-state index is 13.7. The van der Waals surface area contributed by atoms with Gasteiger partial charge in [-0.15, -0.1) is 12.6 Å². The number of nitrogens with two attached hydrogens (primary N) is 1. The zero-order chi connectivity index (χ0) is 71.5. The number of thiol groups is 3. The second-order valence-electron chi connectivity index (χ2n) is 25.1. The number of aromatic nitrogens is 2. The van der Waals surface area contributed by atoms with E-state index in [1.807, 2.05) is 13.0 Å². The van der Waals surface area contributed by atoms with E-state index < -0.39 is 59.6 Å². The quantitative estimate of drug-likeness (QED) is 0.0151. The van der Waals surface area contributed by atoms with Crippen LogP contribution in [0.3, 0.4) is 0 Å². The SMILES string of the molecule is CC1=NN(CCCS)/C2=C/C=C/C=C/C3=[N+](CCCCCC(=O)NC(C(=O)NCCCCCC(=O)NCCCCCC(=O)NC/C=C/c4cn([C@H]5CC[C@@H](COP(=O)(O)OP(=O)(O)OP(=O)(O)O)O5)c(=O)nc4N)CCCCNC(=O)CCC12C)c1ccc(S)cc1C3(C)CCCS. The molecule has 2 aromatic rings. The fraction of sp³-hybridized carbons (Fsp3) is 0.609. The van der Waals surface area contributed by atoms with E-state index >= 15 is 0 Å². The molecule has 98 heavy (non-hydrogen) atoms. The van der Waals surface area contributed by atoms with Crippen molar-refractivity contribution in [1.29, 1.82) is 0 Å². The van der Waals surface area contributed by atoms with Gasteiger partial charge in [0, 0.05) is 116 Å². The number of hydrogen-bond acceptors (Lipinski definition) is 20. The van der Waals surface area contributed by atoms with E-state index in [4.69, 9.17) is 38.0 Å². The first-order chi connectivity index (χ1) is 46.6. The van der Waals surface area contributed by atoms with Crippen LogP contribution in [-0.2, 0) is 61.0 Å². The summed E-state index contributed by atoms with van der Waals surface area (Å²) in [6, 6.07) is 5.62. The third-order valence-electron chi connectivity index (χ3n) is 17.5. The Labute approximate surface area is 590 Å². The van der Waals surface area contributed by atoms with Gasteiger partial charge in [-0.3, -0.25) is 38.1 Å². The van der Waals surface area contributed by atoms with Gasteiger partial charge in [0.2, 0.25) is 35.2 Å². The first-order valence-electron chi connectivity index (χ1n) is 33.5. The maximum absolute atomic E-state index is 13.7. The summed E-state index contributed by atoms with van der Waals surface area (Å²) >= 11 is 13.8. The monoisotopic (exact) mass is 1480 g/mol. The zero-order valence-electron chi connectivity index (χ0n) is 56.1. The number of fused-ring (bicyclic) bond motifs is 3. The number of ether oxygens (including phenoxy) is 1. The number of nitrogen functional groups attached to an aromatic ring is 1. The molecule has 1 saturated heterocycles. The minimum atomic E-state index is -5.70. The van der Waals surface area contributed by atoms with E-state index in [-0.39, 0.29) is 73.0 Å². The Morgan fingerprint density at radius 2 is 1.56 bits per heavy atom. The molecule has 7 atom stereocenters. The van der Waals surface area contributed by atoms with Crippen molar-refractivity contribution in [2.24, 2.45) is 10.5 Å². The first kappa shape index (κ1) is 81.7. The van der Waals surface area contributed by atoms with E-state index in [9.17, 15) is 52.2 Å². The highest BCUT2D eigenvalue weighted by Crippen LogP contribution is 2.66. The number of phosphoric ester groups is 1. The fourth-order valence-electron chi connectivity index (χ4n) is 12.1. The Kier molecular flexibility index (Phi) is 33.2. The van der Waals surface area contributed by atoms with Crippen LogP contribution in [0.5, 0.6) is 0 Å². The molecule has 11 N–H and O–H groups in total. The average Bonchev–Trinajstić information content (AvgIpc) is 1.59. The lowest BCUT2D eigenvalue weighted by molar-refractivity contribution is -0.438. The van der Waals surface area contributed by atoms with Crippen LogP contribution in [0.1, 0.15) is 179 Å². The Morgan fingerprint density at radius 3 is 2.29 bits per heavy atom. The van der Waals surface area contributed by atoms with Gasteiger partial charge >= 0.3 is 29.2 Å². The summed E-state index contributed by atoms with van der Waals surface area (Å²) < 4.78 is 55.9. The smallest absolute Gasteiger partial charge is 0.383 e. The van der Waals surface area contributed by atoms with Crippen LogP contribution in [0.4, 0.5) is 11.5 Å². The molecule has 6 rings (SSSR count). The van der Waals surface area contributed by atoms with E-state index in [0.717, 1.165) is 76.7 Å². The van der Waals surface area contributed by atoms with E-state index in [1.165, 1.54) is 17.5 Å². The number of allylic oxidation sites excluding steroid dienone is 6. The molecular weight excluding hydrogens is 1380 g/mol. The van der Waals surface area contributed by atoms with Crippen LogP contribution in [0.25, 0.3) is 6.08 Å². The summed E-state index contributed by atoms with van der Waals surface area (Å²) in [4.78, 5) is 120. The minimum Gasteiger partial charge on any atom is -0.383 e. The van der Waals surface area contributed by atoms with Gasteiger partial charge < -0.3 is 56.6 Å². The highest BCUT2D eigenvalue weighted by molar-refractivity contribution is 7.80. The number of carbonyl (C=O) groups is 5. The van der Waals surface area contributed by atoms with Gasteiger partial charge in [-0.1, -0.05) is 43.2 Å². The van der Waals surface area contributed by atoms with Crippen molar-refractivity contribution in [2.45, 2.75) is 191 Å². The third kappa shape index (κ3) is 26.3. The summed E-state index contributed by atoms with van der Waals surface area (Å²) in [7, 11) is -16.7. The molecule has 0 bridgehead atoms. The van der Waals surface area contributed by atoms with Crippen molar-refractivity contribution < 1.29 is 79.7 Å². The van der Waals surface area contributed by atoms with Crippen molar-refractivity contribution in [3.05, 3.63) is 88.2 Å². The topological polar surface area (TPSA) is 394 Å². The number of nitrogens with zero attached hydrogens (tertiary/aromatic N) is 5. The molecule has 1 aromatic carbocycles. The van der Waals surface area contributed by atoms with Crippen LogP contribution in [0.2, 0.25) is 0 Å². The van der Waals surface area contributed by atoms with Gasteiger partial charge in [0.25, 0.3) is 0 Å². The average molecular weight is 1480 g/mol. The van der Waals surface area contributed by atoms with Gasteiger partial charge in [-0.05, 0) is 147 Å². The standard InChI is InChI=1S/C64H98N11O17P3S3/c1-46-63(2)34-32-57(78)67-36-16-13-22-51(70-58(79)27-12-7-17-39-73-52-30-29-49(98)43-50(52)64(3,33-19-41-96)53(73)23-8-4-9-24-54(63)75(72-46)40-20-42-97)61(80)69-37-15-6-11-25-55(76)66-35-14-5-10-26-56(77)68-38-18-21-47-44-74(62(81)71-60(47)65)59-31-28-48(90-59)45-89-94(85,86)92-95(87,88)91-93(82,83)84/h4,8-9,18,21,23-24,29-30,43-44,48,51,59H,5-7,10-17,19-20,22,25-28,31-42,45H2,1-3H3,(H13-,65,66,67,68,69,70,71,76,77,78,79,80,81,82,83,84,85,86,87,88,96,97,98)/p+1/b21-18+/t48-,51?,59+,63?,64?/m0/s1. The minimum absolute atomic E-state index is 0.0638. The summed E-state index contributed by atoms with van der Waals surface area (Å²) in [5, 5.41) is 21.9. The summed E-state index contributed by atoms with van der Waals surface area (Å²) in [6.07, 6.45) is 25.8. The van der Waals surface area contributed by atoms with Crippen molar-refractivity contribution in [1.82, 2.24) is 41.1 Å². The largest absolute Gasteiger partial charge is 0.490 e. The number of nitrogens with one attached hydrogen (secondary N) is 5. The lowest BCUT2D eigenvalue weighted by Crippen LogP contribution is -2.47. The predicted octanol–water partition coefficient (Wildman–Crippen LogP) is 8.52. The second-order valence-corrected chi connectivity index (χ2v) is 30.9. The molecule has 0 radical (unpaired) electrons. The number of anilines is 1. The summed E-state index contributed by atoms with van der Waals surface area (Å²) in [5.74, 6) is 0.570. The van der Waals surface area contributed by atoms with Crippen LogP contribution in [0, 0.1) is 5.41 Å². The van der Waals surface area contributed by atoms with Gasteiger partial charge in [0.1, 0.15) is 24.6 Å². The number of amides is 5. The Balaban J connectivity index is 0.905. The van der Waals surface area contributed by atoms with E-state index in [2.05, 4.69) is 136 Å². The molecule has 5 heterocycles. The highest BCUT2D eigenvalue weighted by Gasteiger charge is 2.48. The number of rotatable bonds is 30. The Hall–Kier alpha value is -5.23. The molecule has 34 heteroatoms. The van der Waals surface area contributed by atoms with E-state index in [1.54, 1.807) is 12.2 Å². The summed E-state index contributed by atoms with van der Waals surface area (Å²) in [5.41, 5.74) is 10.4. The number of carbonyl (C=O) groups excluding carboxylic acids is 5. The van der Waals surface area contributed by atoms with Gasteiger partial charge in [-0.2, -0.15) is 48.5 Å². The van der Waals surface area contributed by atoms with Gasteiger partial charge in [0.15, 0.2) is 5.71 Å². The molecule has 5 amide bonds. The maximum Gasteiger partial charge on any atom is 0.490 e. The molecule has 0 spiro atoms. The number of hydrazone groups is 1. The van der Waals surface area contributed by atoms with Crippen molar-refractivity contribution in [3.63, 3.8) is 0 Å². The molecule has 0 saturated carbocycles. The van der Waals surface area contributed by atoms with Crippen LogP contribution in [0.15, 0.2) is 81.3 Å². The summed E-state index contributed by atoms with van der Waals surface area (Å²) in [6.45, 7) is 8.66. The number of hydrogen-bond donors (Lipinski definition) is 13. The van der Waals surface area contributed by atoms with Gasteiger partial charge in [-0.25, -0.2) is 18.5 Å². The number of unbranched alkanes of at least 4 members (excludes halogenated alkanes) is 4. The molecule has 4 aliphatic heterocycles. The molecule has 4 aliphatic rings. The lowest BCUT2D eigenvalue weighted by Gasteiger charge is -2.29. The van der Waals surface area contributed by atoms with Crippen molar-refractivity contribution in [2.75, 3.05) is 63.1 Å². The van der Waals surface area contributed by atoms with Crippen molar-refractivity contribution in [3.8, 4) is 0 Å². The molecular formula is C64H99N11O17P3S3+. The Bertz CT molecular complexity index is 3500. The first-order valence-corrected chi connectivity index (χ1v) is 39.8. The molecule has 1 fully saturated rings. The van der Waals surface area contributed by atoms with Crippen LogP contribution in [-0.4, -0.2) is 149 Å². The number of benzene rings is 1. The fourth-order valence-corrected chi connectivity index (χ4v) is 15.7. The highest BCUT2D eigenvalue weighted by atomic mass is 32.1. The molecule has 544 valence electrons. The second kappa shape index (κ2) is 39.8. The molecule has 5 unspecified atom stereocenters. The third-order valence-corrected chi connectivity index (χ3v) is 22.2. The predicted molar refractivity (Wildman–Crippen MR) is 384 cm³/mol. The molecule has 0 aliphatic carbocycles. The van der Waals surface area contributed by atoms with E-state index in [0.29, 0.717) is 115 Å². The Morgan fingerprint density at radius 1 is 0.837 bits per heavy atom. The molecule has 28 nitrogen and oxygen atoms in total.